The monoisotopic (exact) mass is 818 g/mol. The van der Waals surface area contributed by atoms with Crippen molar-refractivity contribution in [3.63, 3.8) is 0 Å². The van der Waals surface area contributed by atoms with E-state index in [9.17, 15) is 0 Å². The SMILES string of the molecule is c1ccc(-c2ccc(-c3ccccc3)c3c2-c2nc-3nc3[nH]c(nc4nc(nc5[nH]c(n2)c2ccccc52)-c2ccccc2-4)c2c(-c4ccccc4)ccc(-c4ccccc4)c32)cc1. The maximum atomic E-state index is 5.66. The van der Waals surface area contributed by atoms with Gasteiger partial charge in [-0.25, -0.2) is 29.9 Å². The molecule has 0 saturated heterocycles. The number of hydrogen-bond acceptors (Lipinski definition) is 6. The fourth-order valence-corrected chi connectivity index (χ4v) is 9.38. The van der Waals surface area contributed by atoms with Gasteiger partial charge in [-0.05, 0) is 44.5 Å². The lowest BCUT2D eigenvalue weighted by atomic mass is 9.89. The highest BCUT2D eigenvalue weighted by Gasteiger charge is 2.29. The molecule has 64 heavy (non-hydrogen) atoms. The van der Waals surface area contributed by atoms with Crippen molar-refractivity contribution in [2.24, 2.45) is 0 Å². The second-order valence-corrected chi connectivity index (χ2v) is 16.0. The number of rotatable bonds is 4. The summed E-state index contributed by atoms with van der Waals surface area (Å²) in [6.07, 6.45) is 0. The summed E-state index contributed by atoms with van der Waals surface area (Å²) in [5.41, 5.74) is 14.4. The maximum Gasteiger partial charge on any atom is 0.165 e. The average molecular weight is 819 g/mol. The van der Waals surface area contributed by atoms with E-state index in [1.807, 2.05) is 48.5 Å². The first-order valence-corrected chi connectivity index (χ1v) is 21.3. The van der Waals surface area contributed by atoms with Crippen LogP contribution in [0.5, 0.6) is 0 Å². The predicted molar refractivity (Wildman–Crippen MR) is 258 cm³/mol. The van der Waals surface area contributed by atoms with Crippen LogP contribution in [0.25, 0.3) is 134 Å². The number of fused-ring (bicyclic) bond motifs is 20. The van der Waals surface area contributed by atoms with Gasteiger partial charge < -0.3 is 9.97 Å². The molecule has 11 aromatic rings. The smallest absolute Gasteiger partial charge is 0.165 e. The molecule has 8 heteroatoms. The lowest BCUT2D eigenvalue weighted by molar-refractivity contribution is 1.19. The van der Waals surface area contributed by atoms with Crippen molar-refractivity contribution in [3.8, 4) is 90.1 Å². The molecule has 0 spiro atoms. The molecule has 2 aliphatic heterocycles. The van der Waals surface area contributed by atoms with E-state index in [-0.39, 0.29) is 0 Å². The van der Waals surface area contributed by atoms with Gasteiger partial charge in [0.15, 0.2) is 23.3 Å². The summed E-state index contributed by atoms with van der Waals surface area (Å²) in [6.45, 7) is 0. The van der Waals surface area contributed by atoms with Crippen LogP contribution in [-0.2, 0) is 0 Å². The Morgan fingerprint density at radius 2 is 0.547 bits per heavy atom. The molecule has 2 N–H and O–H groups in total. The van der Waals surface area contributed by atoms with Crippen LogP contribution >= 0.6 is 0 Å². The van der Waals surface area contributed by atoms with E-state index in [1.54, 1.807) is 0 Å². The minimum atomic E-state index is 0.538. The van der Waals surface area contributed by atoms with Crippen molar-refractivity contribution < 1.29 is 0 Å². The summed E-state index contributed by atoms with van der Waals surface area (Å²) in [5, 5.41) is 3.69. The van der Waals surface area contributed by atoms with Crippen LogP contribution < -0.4 is 0 Å². The number of nitrogens with one attached hydrogen (secondary N) is 2. The molecule has 0 atom stereocenters. The van der Waals surface area contributed by atoms with Gasteiger partial charge in [0.2, 0.25) is 0 Å². The fourth-order valence-electron chi connectivity index (χ4n) is 9.38. The predicted octanol–water partition coefficient (Wildman–Crippen LogP) is 13.5. The highest BCUT2D eigenvalue weighted by molar-refractivity contribution is 6.18. The topological polar surface area (TPSA) is 109 Å². The summed E-state index contributed by atoms with van der Waals surface area (Å²) in [6, 6.07) is 66.9. The first-order valence-electron chi connectivity index (χ1n) is 21.3. The zero-order valence-electron chi connectivity index (χ0n) is 34.2. The van der Waals surface area contributed by atoms with Gasteiger partial charge in [0.05, 0.1) is 0 Å². The van der Waals surface area contributed by atoms with Crippen LogP contribution in [-0.4, -0.2) is 39.9 Å². The molecule has 8 nitrogen and oxygen atoms in total. The molecule has 5 heterocycles. The van der Waals surface area contributed by atoms with Crippen LogP contribution in [0.3, 0.4) is 0 Å². The van der Waals surface area contributed by atoms with Crippen LogP contribution in [0.15, 0.2) is 194 Å². The van der Waals surface area contributed by atoms with E-state index in [1.165, 1.54) is 0 Å². The van der Waals surface area contributed by atoms with E-state index in [0.717, 1.165) is 88.3 Å². The summed E-state index contributed by atoms with van der Waals surface area (Å²) in [5.74, 6) is 2.20. The third-order valence-corrected chi connectivity index (χ3v) is 12.3. The highest BCUT2D eigenvalue weighted by atomic mass is 15.1. The number of nitrogens with zero attached hydrogens (tertiary/aromatic N) is 6. The van der Waals surface area contributed by atoms with Crippen molar-refractivity contribution in [1.29, 1.82) is 0 Å². The molecule has 3 aromatic heterocycles. The zero-order chi connectivity index (χ0) is 42.1. The Labute approximate surface area is 366 Å². The maximum absolute atomic E-state index is 5.66. The third kappa shape index (κ3) is 5.70. The van der Waals surface area contributed by atoms with Crippen molar-refractivity contribution in [1.82, 2.24) is 39.9 Å². The molecule has 0 fully saturated rings. The van der Waals surface area contributed by atoms with Crippen molar-refractivity contribution >= 4 is 44.1 Å². The Bertz CT molecular complexity index is 3820. The van der Waals surface area contributed by atoms with Crippen LogP contribution in [0.1, 0.15) is 0 Å². The molecule has 2 aliphatic rings. The van der Waals surface area contributed by atoms with Gasteiger partial charge in [-0.1, -0.05) is 194 Å². The number of aromatic nitrogens is 8. The van der Waals surface area contributed by atoms with Gasteiger partial charge >= 0.3 is 0 Å². The zero-order valence-corrected chi connectivity index (χ0v) is 34.2. The van der Waals surface area contributed by atoms with Crippen LogP contribution in [0, 0.1) is 0 Å². The van der Waals surface area contributed by atoms with Gasteiger partial charge in [0.1, 0.15) is 22.6 Å². The lowest BCUT2D eigenvalue weighted by Crippen LogP contribution is -1.91. The first-order chi connectivity index (χ1) is 31.7. The van der Waals surface area contributed by atoms with E-state index >= 15 is 0 Å². The molecule has 0 radical (unpaired) electrons. The summed E-state index contributed by atoms with van der Waals surface area (Å²) in [4.78, 5) is 39.8. The molecule has 0 unspecified atom stereocenters. The summed E-state index contributed by atoms with van der Waals surface area (Å²) < 4.78 is 0. The standard InChI is InChI=1S/C56H34N8/c1-5-17-33(18-6-1)37-29-31-39(35-21-9-3-10-22-35)47-45(37)53-60-51-43-27-15-13-25-41(43)49(58-51)57-50-42-26-14-16-28-44(42)52(59-50)61-54-46-38(34-19-7-2-8-20-34)30-32-40(36-23-11-4-12-24-36)48(46)56(63-54)64-55(47)62-53/h1-32H,(H2,57,58,59,60,61,62,63,64). The van der Waals surface area contributed by atoms with Gasteiger partial charge in [0.25, 0.3) is 0 Å². The van der Waals surface area contributed by atoms with Crippen molar-refractivity contribution in [3.05, 3.63) is 194 Å². The van der Waals surface area contributed by atoms with Crippen LogP contribution in [0.2, 0.25) is 0 Å². The summed E-state index contributed by atoms with van der Waals surface area (Å²) in [7, 11) is 0. The molecule has 8 aromatic carbocycles. The normalized spacial score (nSPS) is 11.8. The van der Waals surface area contributed by atoms with E-state index in [4.69, 9.17) is 29.9 Å². The second-order valence-electron chi connectivity index (χ2n) is 16.0. The fraction of sp³-hybridized carbons (Fsp3) is 0. The van der Waals surface area contributed by atoms with Gasteiger partial charge in [-0.2, -0.15) is 0 Å². The lowest BCUT2D eigenvalue weighted by Gasteiger charge is -2.13. The largest absolute Gasteiger partial charge is 0.324 e. The molecular formula is C56H34N8. The molecule has 0 saturated carbocycles. The van der Waals surface area contributed by atoms with E-state index < -0.39 is 0 Å². The second kappa shape index (κ2) is 14.4. The van der Waals surface area contributed by atoms with E-state index in [0.29, 0.717) is 45.9 Å². The molecule has 298 valence electrons. The third-order valence-electron chi connectivity index (χ3n) is 12.3. The molecule has 8 bridgehead atoms. The molecular weight excluding hydrogens is 785 g/mol. The van der Waals surface area contributed by atoms with Crippen molar-refractivity contribution in [2.45, 2.75) is 0 Å². The van der Waals surface area contributed by atoms with Gasteiger partial charge in [-0.3, -0.25) is 0 Å². The average Bonchev–Trinajstić information content (AvgIpc) is 4.11. The van der Waals surface area contributed by atoms with Crippen molar-refractivity contribution in [2.75, 3.05) is 0 Å². The quantitative estimate of drug-likeness (QED) is 0.183. The molecule has 0 amide bonds. The molecule has 0 aliphatic carbocycles. The number of H-pyrrole nitrogens is 2. The van der Waals surface area contributed by atoms with Crippen LogP contribution in [0.4, 0.5) is 0 Å². The minimum absolute atomic E-state index is 0.538. The number of benzene rings is 8. The number of hydrogen-bond donors (Lipinski definition) is 2. The summed E-state index contributed by atoms with van der Waals surface area (Å²) >= 11 is 0. The first kappa shape index (κ1) is 35.8. The van der Waals surface area contributed by atoms with Gasteiger partial charge in [0, 0.05) is 43.8 Å². The van der Waals surface area contributed by atoms with E-state index in [2.05, 4.69) is 156 Å². The minimum Gasteiger partial charge on any atom is -0.324 e. The highest BCUT2D eigenvalue weighted by Crippen LogP contribution is 2.48. The Hall–Kier alpha value is -8.88. The Kier molecular flexibility index (Phi) is 8.04. The Morgan fingerprint density at radius 1 is 0.234 bits per heavy atom. The van der Waals surface area contributed by atoms with Gasteiger partial charge in [-0.15, -0.1) is 0 Å². The molecule has 13 rings (SSSR count). The Balaban J connectivity index is 1.27. The number of aromatic amines is 2. The Morgan fingerprint density at radius 3 is 1.00 bits per heavy atom.